The number of hydrogen-bond acceptors (Lipinski definition) is 5. The monoisotopic (exact) mass is 459 g/mol. The first-order valence-corrected chi connectivity index (χ1v) is 11.3. The van der Waals surface area contributed by atoms with Crippen LogP contribution in [-0.2, 0) is 9.59 Å². The van der Waals surface area contributed by atoms with Crippen LogP contribution in [0.4, 0.5) is 5.69 Å². The van der Waals surface area contributed by atoms with Crippen molar-refractivity contribution >= 4 is 34.2 Å². The van der Waals surface area contributed by atoms with E-state index in [1.807, 2.05) is 31.2 Å². The topological polar surface area (TPSA) is 108 Å². The molecule has 0 bridgehead atoms. The number of fused-ring (bicyclic) bond motifs is 2. The molecule has 1 saturated heterocycles. The minimum Gasteiger partial charge on any atom is -0.506 e. The zero-order valence-electron chi connectivity index (χ0n) is 18.7. The Morgan fingerprint density at radius 1 is 1.18 bits per heavy atom. The van der Waals surface area contributed by atoms with Crippen LogP contribution in [0.5, 0.6) is 11.5 Å². The number of ether oxygens (including phenoxy) is 1. The molecule has 2 heterocycles. The molecule has 3 aromatic rings. The van der Waals surface area contributed by atoms with Crippen LogP contribution in [0.3, 0.4) is 0 Å². The molecule has 174 valence electrons. The number of amides is 3. The number of benzene rings is 3. The number of phenols is 1. The average Bonchev–Trinajstić information content (AvgIpc) is 3.34. The number of carbonyl (C=O) groups excluding carboxylic acids is 3. The second-order valence-corrected chi connectivity index (χ2v) is 8.66. The van der Waals surface area contributed by atoms with Crippen LogP contribution < -0.4 is 15.4 Å². The normalized spacial score (nSPS) is 18.1. The lowest BCUT2D eigenvalue weighted by atomic mass is 10.0. The number of anilines is 1. The van der Waals surface area contributed by atoms with Crippen LogP contribution in [0.2, 0.25) is 0 Å². The van der Waals surface area contributed by atoms with E-state index in [9.17, 15) is 19.5 Å². The van der Waals surface area contributed by atoms with Crippen molar-refractivity contribution in [2.45, 2.75) is 31.8 Å². The molecule has 2 aliphatic rings. The van der Waals surface area contributed by atoms with E-state index in [0.717, 1.165) is 10.9 Å². The molecule has 2 atom stereocenters. The maximum Gasteiger partial charge on any atom is 0.262 e. The number of carbonyl (C=O) groups is 3. The molecule has 2 unspecified atom stereocenters. The third kappa shape index (κ3) is 3.91. The Labute approximate surface area is 196 Å². The Hall–Kier alpha value is -4.07. The van der Waals surface area contributed by atoms with Gasteiger partial charge < -0.3 is 25.4 Å². The van der Waals surface area contributed by atoms with Crippen LogP contribution in [0, 0.1) is 0 Å². The molecule has 2 aliphatic heterocycles. The standard InChI is InChI=1S/C26H25N3O5/c1-15(17-9-11-22-20(13-17)28-23(30)14-34-22)27-25(32)21-7-4-12-29(21)26(33)19-10-8-16-5-2-3-6-18(16)24(19)31/h2-3,5-6,8-11,13,15,21,31H,4,7,12,14H2,1H3,(H,27,32)(H,28,30). The highest BCUT2D eigenvalue weighted by Crippen LogP contribution is 2.33. The number of phenolic OH excluding ortho intramolecular Hbond substituents is 1. The Morgan fingerprint density at radius 3 is 2.85 bits per heavy atom. The summed E-state index contributed by atoms with van der Waals surface area (Å²) in [5.41, 5.74) is 1.57. The number of aromatic hydroxyl groups is 1. The van der Waals surface area contributed by atoms with Gasteiger partial charge in [0.05, 0.1) is 17.3 Å². The van der Waals surface area contributed by atoms with Gasteiger partial charge in [0.25, 0.3) is 11.8 Å². The van der Waals surface area contributed by atoms with Gasteiger partial charge in [-0.3, -0.25) is 14.4 Å². The van der Waals surface area contributed by atoms with Gasteiger partial charge in [-0.05, 0) is 48.9 Å². The van der Waals surface area contributed by atoms with E-state index in [1.165, 1.54) is 4.90 Å². The highest BCUT2D eigenvalue weighted by Gasteiger charge is 2.36. The summed E-state index contributed by atoms with van der Waals surface area (Å²) in [4.78, 5) is 39.6. The van der Waals surface area contributed by atoms with Gasteiger partial charge in [0, 0.05) is 11.9 Å². The molecule has 1 fully saturated rings. The third-order valence-corrected chi connectivity index (χ3v) is 6.44. The quantitative estimate of drug-likeness (QED) is 0.555. The molecule has 3 amide bonds. The van der Waals surface area contributed by atoms with Crippen LogP contribution in [-0.4, -0.2) is 46.9 Å². The molecule has 5 rings (SSSR count). The Kier molecular flexibility index (Phi) is 5.57. The molecule has 34 heavy (non-hydrogen) atoms. The summed E-state index contributed by atoms with van der Waals surface area (Å²) in [6.07, 6.45) is 1.25. The molecule has 8 heteroatoms. The summed E-state index contributed by atoms with van der Waals surface area (Å²) in [6.45, 7) is 2.28. The van der Waals surface area contributed by atoms with Gasteiger partial charge >= 0.3 is 0 Å². The van der Waals surface area contributed by atoms with Gasteiger partial charge in [-0.2, -0.15) is 0 Å². The summed E-state index contributed by atoms with van der Waals surface area (Å²) in [6, 6.07) is 15.1. The number of nitrogens with zero attached hydrogens (tertiary/aromatic N) is 1. The summed E-state index contributed by atoms with van der Waals surface area (Å²) in [5, 5.41) is 17.9. The van der Waals surface area contributed by atoms with Gasteiger partial charge in [0.1, 0.15) is 17.5 Å². The second kappa shape index (κ2) is 8.70. The highest BCUT2D eigenvalue weighted by atomic mass is 16.5. The summed E-state index contributed by atoms with van der Waals surface area (Å²) in [5.74, 6) is -0.317. The van der Waals surface area contributed by atoms with Crippen LogP contribution >= 0.6 is 0 Å². The van der Waals surface area contributed by atoms with Gasteiger partial charge in [-0.1, -0.05) is 36.4 Å². The van der Waals surface area contributed by atoms with E-state index in [4.69, 9.17) is 4.74 Å². The average molecular weight is 460 g/mol. The fourth-order valence-electron chi connectivity index (χ4n) is 4.63. The van der Waals surface area contributed by atoms with Crippen molar-refractivity contribution in [3.05, 3.63) is 65.7 Å². The lowest BCUT2D eigenvalue weighted by molar-refractivity contribution is -0.125. The van der Waals surface area contributed by atoms with Crippen molar-refractivity contribution in [3.8, 4) is 11.5 Å². The molecule has 3 aromatic carbocycles. The van der Waals surface area contributed by atoms with Crippen molar-refractivity contribution < 1.29 is 24.2 Å². The van der Waals surface area contributed by atoms with Crippen LogP contribution in [0.1, 0.15) is 41.7 Å². The van der Waals surface area contributed by atoms with Gasteiger partial charge in [-0.15, -0.1) is 0 Å². The van der Waals surface area contributed by atoms with E-state index in [2.05, 4.69) is 10.6 Å². The maximum atomic E-state index is 13.3. The minimum atomic E-state index is -0.624. The SMILES string of the molecule is CC(NC(=O)C1CCCN1C(=O)c1ccc2ccccc2c1O)c1ccc2c(c1)NC(=O)CO2. The van der Waals surface area contributed by atoms with Crippen LogP contribution in [0.15, 0.2) is 54.6 Å². The van der Waals surface area contributed by atoms with Crippen molar-refractivity contribution in [1.82, 2.24) is 10.2 Å². The molecule has 0 aliphatic carbocycles. The lowest BCUT2D eigenvalue weighted by Crippen LogP contribution is -2.46. The van der Waals surface area contributed by atoms with Crippen molar-refractivity contribution in [2.75, 3.05) is 18.5 Å². The first-order valence-electron chi connectivity index (χ1n) is 11.3. The zero-order chi connectivity index (χ0) is 23.8. The molecule has 0 saturated carbocycles. The summed E-state index contributed by atoms with van der Waals surface area (Å²) >= 11 is 0. The highest BCUT2D eigenvalue weighted by molar-refractivity contribution is 6.05. The first-order chi connectivity index (χ1) is 16.4. The van der Waals surface area contributed by atoms with Crippen molar-refractivity contribution in [3.63, 3.8) is 0 Å². The summed E-state index contributed by atoms with van der Waals surface area (Å²) in [7, 11) is 0. The second-order valence-electron chi connectivity index (χ2n) is 8.66. The van der Waals surface area contributed by atoms with Gasteiger partial charge in [0.15, 0.2) is 6.61 Å². The van der Waals surface area contributed by atoms with E-state index >= 15 is 0 Å². The third-order valence-electron chi connectivity index (χ3n) is 6.44. The Bertz CT molecular complexity index is 1300. The molecule has 0 radical (unpaired) electrons. The number of hydrogen-bond donors (Lipinski definition) is 3. The van der Waals surface area contributed by atoms with E-state index < -0.39 is 6.04 Å². The molecular weight excluding hydrogens is 434 g/mol. The minimum absolute atomic E-state index is 0.0169. The van der Waals surface area contributed by atoms with Gasteiger partial charge in [-0.25, -0.2) is 0 Å². The smallest absolute Gasteiger partial charge is 0.262 e. The van der Waals surface area contributed by atoms with Crippen LogP contribution in [0.25, 0.3) is 10.8 Å². The first kappa shape index (κ1) is 21.8. The Morgan fingerprint density at radius 2 is 2.00 bits per heavy atom. The molecule has 0 spiro atoms. The molecule has 3 N–H and O–H groups in total. The van der Waals surface area contributed by atoms with E-state index in [-0.39, 0.29) is 41.7 Å². The molecular formula is C26H25N3O5. The molecule has 0 aromatic heterocycles. The number of likely N-dealkylation sites (tertiary alicyclic amines) is 1. The maximum absolute atomic E-state index is 13.3. The van der Waals surface area contributed by atoms with Crippen molar-refractivity contribution in [1.29, 1.82) is 0 Å². The van der Waals surface area contributed by atoms with E-state index in [0.29, 0.717) is 36.2 Å². The van der Waals surface area contributed by atoms with Gasteiger partial charge in [0.2, 0.25) is 5.91 Å². The zero-order valence-corrected chi connectivity index (χ0v) is 18.7. The summed E-state index contributed by atoms with van der Waals surface area (Å²) < 4.78 is 5.39. The Balaban J connectivity index is 1.32. The fourth-order valence-corrected chi connectivity index (χ4v) is 4.63. The predicted molar refractivity (Wildman–Crippen MR) is 127 cm³/mol. The predicted octanol–water partition coefficient (Wildman–Crippen LogP) is 3.36. The largest absolute Gasteiger partial charge is 0.506 e. The number of rotatable bonds is 4. The van der Waals surface area contributed by atoms with E-state index in [1.54, 1.807) is 30.3 Å². The lowest BCUT2D eigenvalue weighted by Gasteiger charge is -2.26. The fraction of sp³-hybridized carbons (Fsp3) is 0.269. The molecule has 8 nitrogen and oxygen atoms in total. The van der Waals surface area contributed by atoms with Crippen molar-refractivity contribution in [2.24, 2.45) is 0 Å². The number of nitrogens with one attached hydrogen (secondary N) is 2.